The van der Waals surface area contributed by atoms with Gasteiger partial charge in [-0.2, -0.15) is 0 Å². The van der Waals surface area contributed by atoms with Crippen molar-refractivity contribution in [1.29, 1.82) is 0 Å². The Morgan fingerprint density at radius 1 is 1.35 bits per heavy atom. The molecule has 0 aromatic rings. The number of terminal acetylenes is 1. The van der Waals surface area contributed by atoms with Crippen LogP contribution >= 0.6 is 0 Å². The first-order valence-corrected chi connectivity index (χ1v) is 6.50. The summed E-state index contributed by atoms with van der Waals surface area (Å²) in [6, 6.07) is 0. The van der Waals surface area contributed by atoms with Crippen molar-refractivity contribution >= 4 is 0 Å². The van der Waals surface area contributed by atoms with Gasteiger partial charge in [0, 0.05) is 13.0 Å². The van der Waals surface area contributed by atoms with Gasteiger partial charge in [0.05, 0.1) is 18.8 Å². The van der Waals surface area contributed by atoms with Crippen molar-refractivity contribution in [1.82, 2.24) is 5.32 Å². The standard InChI is InChI=1S/C14H27NO2/c1-5-6-7-8-15-10-14(16)11-17-13(4)9-12(2)3/h1,12-16H,6-11H2,2-4H3. The lowest BCUT2D eigenvalue weighted by molar-refractivity contribution is -0.00842. The Morgan fingerprint density at radius 2 is 2.06 bits per heavy atom. The maximum atomic E-state index is 9.66. The van der Waals surface area contributed by atoms with E-state index in [2.05, 4.69) is 25.1 Å². The molecular weight excluding hydrogens is 214 g/mol. The maximum absolute atomic E-state index is 9.66. The Bertz CT molecular complexity index is 211. The van der Waals surface area contributed by atoms with Crippen LogP contribution in [0.1, 0.15) is 40.0 Å². The highest BCUT2D eigenvalue weighted by Gasteiger charge is 2.09. The predicted molar refractivity (Wildman–Crippen MR) is 71.8 cm³/mol. The molecule has 0 aromatic carbocycles. The minimum absolute atomic E-state index is 0.214. The molecule has 2 unspecified atom stereocenters. The van der Waals surface area contributed by atoms with E-state index < -0.39 is 6.10 Å². The Hall–Kier alpha value is -0.560. The van der Waals surface area contributed by atoms with Gasteiger partial charge in [-0.1, -0.05) is 13.8 Å². The largest absolute Gasteiger partial charge is 0.389 e. The molecule has 0 rings (SSSR count). The first-order valence-electron chi connectivity index (χ1n) is 6.50. The predicted octanol–water partition coefficient (Wildman–Crippen LogP) is 1.80. The number of aliphatic hydroxyl groups excluding tert-OH is 1. The normalized spacial score (nSPS) is 14.6. The fourth-order valence-corrected chi connectivity index (χ4v) is 1.65. The molecule has 0 fully saturated rings. The van der Waals surface area contributed by atoms with E-state index >= 15 is 0 Å². The van der Waals surface area contributed by atoms with Gasteiger partial charge >= 0.3 is 0 Å². The zero-order chi connectivity index (χ0) is 13.1. The number of hydrogen-bond donors (Lipinski definition) is 2. The quantitative estimate of drug-likeness (QED) is 0.453. The minimum atomic E-state index is -0.435. The SMILES string of the molecule is C#CCCCNCC(O)COC(C)CC(C)C. The first kappa shape index (κ1) is 16.4. The van der Waals surface area contributed by atoms with Crippen molar-refractivity contribution in [3.05, 3.63) is 0 Å². The molecule has 0 bridgehead atoms. The molecule has 0 aliphatic rings. The summed E-state index contributed by atoms with van der Waals surface area (Å²) < 4.78 is 5.57. The second-order valence-corrected chi connectivity index (χ2v) is 4.94. The van der Waals surface area contributed by atoms with Crippen LogP contribution in [-0.4, -0.2) is 37.0 Å². The van der Waals surface area contributed by atoms with E-state index in [0.717, 1.165) is 25.8 Å². The Morgan fingerprint density at radius 3 is 2.65 bits per heavy atom. The van der Waals surface area contributed by atoms with E-state index in [-0.39, 0.29) is 6.10 Å². The van der Waals surface area contributed by atoms with Crippen molar-refractivity contribution < 1.29 is 9.84 Å². The van der Waals surface area contributed by atoms with E-state index in [1.807, 2.05) is 6.92 Å². The molecule has 0 aliphatic carbocycles. The van der Waals surface area contributed by atoms with Gasteiger partial charge in [-0.05, 0) is 32.2 Å². The molecular formula is C14H27NO2. The molecule has 0 radical (unpaired) electrons. The zero-order valence-electron chi connectivity index (χ0n) is 11.4. The van der Waals surface area contributed by atoms with Gasteiger partial charge < -0.3 is 15.2 Å². The monoisotopic (exact) mass is 241 g/mol. The lowest BCUT2D eigenvalue weighted by Gasteiger charge is -2.18. The molecule has 0 saturated heterocycles. The van der Waals surface area contributed by atoms with Gasteiger partial charge in [0.15, 0.2) is 0 Å². The van der Waals surface area contributed by atoms with Crippen LogP contribution in [-0.2, 0) is 4.74 Å². The molecule has 0 amide bonds. The summed E-state index contributed by atoms with van der Waals surface area (Å²) in [4.78, 5) is 0. The second kappa shape index (κ2) is 10.6. The molecule has 0 aliphatic heterocycles. The summed E-state index contributed by atoms with van der Waals surface area (Å²) in [6.45, 7) is 8.21. The maximum Gasteiger partial charge on any atom is 0.0897 e. The smallest absolute Gasteiger partial charge is 0.0897 e. The third kappa shape index (κ3) is 11.7. The zero-order valence-corrected chi connectivity index (χ0v) is 11.4. The van der Waals surface area contributed by atoms with Crippen molar-refractivity contribution in [2.75, 3.05) is 19.7 Å². The molecule has 3 heteroatoms. The highest BCUT2D eigenvalue weighted by atomic mass is 16.5. The van der Waals surface area contributed by atoms with E-state index in [4.69, 9.17) is 11.2 Å². The lowest BCUT2D eigenvalue weighted by atomic mass is 10.1. The van der Waals surface area contributed by atoms with Gasteiger partial charge in [0.2, 0.25) is 0 Å². The molecule has 3 nitrogen and oxygen atoms in total. The second-order valence-electron chi connectivity index (χ2n) is 4.94. The number of aliphatic hydroxyl groups is 1. The minimum Gasteiger partial charge on any atom is -0.389 e. The highest BCUT2D eigenvalue weighted by Crippen LogP contribution is 2.07. The molecule has 17 heavy (non-hydrogen) atoms. The summed E-state index contributed by atoms with van der Waals surface area (Å²) in [5, 5.41) is 12.8. The number of rotatable bonds is 10. The van der Waals surface area contributed by atoms with Crippen LogP contribution in [0.2, 0.25) is 0 Å². The van der Waals surface area contributed by atoms with Crippen LogP contribution < -0.4 is 5.32 Å². The average Bonchev–Trinajstić information content (AvgIpc) is 2.25. The van der Waals surface area contributed by atoms with Crippen LogP contribution in [0.4, 0.5) is 0 Å². The third-order valence-corrected chi connectivity index (χ3v) is 2.43. The average molecular weight is 241 g/mol. The molecule has 100 valence electrons. The summed E-state index contributed by atoms with van der Waals surface area (Å²) >= 11 is 0. The number of ether oxygens (including phenoxy) is 1. The van der Waals surface area contributed by atoms with Crippen LogP contribution in [0.3, 0.4) is 0 Å². The number of nitrogens with one attached hydrogen (secondary N) is 1. The summed E-state index contributed by atoms with van der Waals surface area (Å²) in [7, 11) is 0. The number of hydrogen-bond acceptors (Lipinski definition) is 3. The van der Waals surface area contributed by atoms with Crippen LogP contribution in [0, 0.1) is 18.3 Å². The van der Waals surface area contributed by atoms with Gasteiger partial charge in [-0.15, -0.1) is 12.3 Å². The Kier molecular flexibility index (Phi) is 10.2. The highest BCUT2D eigenvalue weighted by molar-refractivity contribution is 4.83. The van der Waals surface area contributed by atoms with Crippen LogP contribution in [0.25, 0.3) is 0 Å². The van der Waals surface area contributed by atoms with Crippen molar-refractivity contribution in [2.45, 2.75) is 52.2 Å². The third-order valence-electron chi connectivity index (χ3n) is 2.43. The summed E-state index contributed by atoms with van der Waals surface area (Å²) in [6.07, 6.45) is 7.69. The molecule has 2 N–H and O–H groups in total. The molecule has 0 aromatic heterocycles. The molecule has 0 heterocycles. The Labute approximate surface area is 106 Å². The van der Waals surface area contributed by atoms with Gasteiger partial charge in [-0.3, -0.25) is 0 Å². The van der Waals surface area contributed by atoms with Crippen molar-refractivity contribution in [3.63, 3.8) is 0 Å². The van der Waals surface area contributed by atoms with Crippen molar-refractivity contribution in [3.8, 4) is 12.3 Å². The molecule has 0 saturated carbocycles. The Balaban J connectivity index is 3.40. The first-order chi connectivity index (χ1) is 8.06. The fourth-order valence-electron chi connectivity index (χ4n) is 1.65. The van der Waals surface area contributed by atoms with Crippen LogP contribution in [0.5, 0.6) is 0 Å². The van der Waals surface area contributed by atoms with E-state index in [0.29, 0.717) is 19.1 Å². The van der Waals surface area contributed by atoms with Gasteiger partial charge in [0.1, 0.15) is 0 Å². The van der Waals surface area contributed by atoms with Gasteiger partial charge in [0.25, 0.3) is 0 Å². The molecule has 0 spiro atoms. The lowest BCUT2D eigenvalue weighted by Crippen LogP contribution is -2.32. The van der Waals surface area contributed by atoms with E-state index in [1.54, 1.807) is 0 Å². The van der Waals surface area contributed by atoms with E-state index in [9.17, 15) is 5.11 Å². The molecule has 2 atom stereocenters. The topological polar surface area (TPSA) is 41.5 Å². The van der Waals surface area contributed by atoms with E-state index in [1.165, 1.54) is 0 Å². The summed E-state index contributed by atoms with van der Waals surface area (Å²) in [5.41, 5.74) is 0. The van der Waals surface area contributed by atoms with Crippen LogP contribution in [0.15, 0.2) is 0 Å². The van der Waals surface area contributed by atoms with Gasteiger partial charge in [-0.25, -0.2) is 0 Å². The summed E-state index contributed by atoms with van der Waals surface area (Å²) in [5.74, 6) is 3.22. The van der Waals surface area contributed by atoms with Crippen molar-refractivity contribution in [2.24, 2.45) is 5.92 Å². The number of unbranched alkanes of at least 4 members (excludes halogenated alkanes) is 1. The fraction of sp³-hybridized carbons (Fsp3) is 0.857.